The van der Waals surface area contributed by atoms with Gasteiger partial charge in [0.1, 0.15) is 24.0 Å². The summed E-state index contributed by atoms with van der Waals surface area (Å²) in [5, 5.41) is 22.2. The Labute approximate surface area is 201 Å². The van der Waals surface area contributed by atoms with Gasteiger partial charge in [-0.3, -0.25) is 14.9 Å². The van der Waals surface area contributed by atoms with E-state index in [1.54, 1.807) is 30.3 Å². The van der Waals surface area contributed by atoms with Crippen molar-refractivity contribution in [2.75, 3.05) is 0 Å². The predicted octanol–water partition coefficient (Wildman–Crippen LogP) is 5.28. The zero-order valence-corrected chi connectivity index (χ0v) is 19.4. The zero-order chi connectivity index (χ0) is 24.6. The summed E-state index contributed by atoms with van der Waals surface area (Å²) in [5.74, 6) is -0.629. The van der Waals surface area contributed by atoms with Crippen molar-refractivity contribution in [1.82, 2.24) is 0 Å². The molecule has 0 fully saturated rings. The van der Waals surface area contributed by atoms with Gasteiger partial charge >= 0.3 is 5.69 Å². The van der Waals surface area contributed by atoms with Crippen molar-refractivity contribution in [2.24, 2.45) is 11.1 Å². The molecule has 1 atom stereocenters. The number of rotatable bonds is 5. The summed E-state index contributed by atoms with van der Waals surface area (Å²) in [7, 11) is 0. The highest BCUT2D eigenvalue weighted by Crippen LogP contribution is 2.48. The maximum absolute atomic E-state index is 13.1. The van der Waals surface area contributed by atoms with Crippen molar-refractivity contribution in [1.29, 1.82) is 5.26 Å². The molecule has 0 radical (unpaired) electrons. The molecule has 1 unspecified atom stereocenters. The van der Waals surface area contributed by atoms with Gasteiger partial charge in [0.05, 0.1) is 10.8 Å². The average Bonchev–Trinajstić information content (AvgIpc) is 2.76. The molecule has 0 amide bonds. The summed E-state index contributed by atoms with van der Waals surface area (Å²) >= 11 is 5.89. The predicted molar refractivity (Wildman–Crippen MR) is 125 cm³/mol. The Morgan fingerprint density at radius 2 is 1.97 bits per heavy atom. The number of nitrogens with zero attached hydrogens (tertiary/aromatic N) is 2. The first-order valence-corrected chi connectivity index (χ1v) is 11.0. The van der Waals surface area contributed by atoms with Gasteiger partial charge in [0, 0.05) is 29.5 Å². The number of nitriles is 1. The van der Waals surface area contributed by atoms with Gasteiger partial charge < -0.3 is 15.2 Å². The molecule has 0 aromatic heterocycles. The van der Waals surface area contributed by atoms with Crippen molar-refractivity contribution in [3.05, 3.63) is 91.5 Å². The maximum Gasteiger partial charge on any atom is 0.311 e. The average molecular weight is 480 g/mol. The molecule has 0 bridgehead atoms. The highest BCUT2D eigenvalue weighted by Gasteiger charge is 2.43. The van der Waals surface area contributed by atoms with E-state index >= 15 is 0 Å². The van der Waals surface area contributed by atoms with Gasteiger partial charge in [0.2, 0.25) is 5.88 Å². The SMILES string of the molecule is CC1(C)CC(=O)C2=C(C1)OC(N)=C(C#N)C2c1ccc(OCc2ccc(Cl)cc2)c([N+](=O)[O-])c1. The number of nitro groups is 1. The number of Topliss-reactive ketones (excluding diaryl/α,β-unsaturated/α-hetero) is 1. The Bertz CT molecular complexity index is 1290. The van der Waals surface area contributed by atoms with Crippen LogP contribution in [0.25, 0.3) is 0 Å². The number of carbonyl (C=O) groups excluding carboxylic acids is 1. The summed E-state index contributed by atoms with van der Waals surface area (Å²) in [4.78, 5) is 24.4. The summed E-state index contributed by atoms with van der Waals surface area (Å²) < 4.78 is 11.4. The summed E-state index contributed by atoms with van der Waals surface area (Å²) in [6, 6.07) is 13.4. The van der Waals surface area contributed by atoms with Gasteiger partial charge in [-0.2, -0.15) is 5.26 Å². The molecule has 2 aromatic rings. The zero-order valence-electron chi connectivity index (χ0n) is 18.6. The van der Waals surface area contributed by atoms with Crippen molar-refractivity contribution in [3.8, 4) is 11.8 Å². The first-order chi connectivity index (χ1) is 16.1. The lowest BCUT2D eigenvalue weighted by molar-refractivity contribution is -0.386. The number of hydrogen-bond acceptors (Lipinski definition) is 7. The highest BCUT2D eigenvalue weighted by molar-refractivity contribution is 6.30. The smallest absolute Gasteiger partial charge is 0.311 e. The molecular weight excluding hydrogens is 458 g/mol. The van der Waals surface area contributed by atoms with Gasteiger partial charge in [-0.15, -0.1) is 0 Å². The van der Waals surface area contributed by atoms with Crippen molar-refractivity contribution < 1.29 is 19.2 Å². The Hall–Kier alpha value is -3.83. The van der Waals surface area contributed by atoms with E-state index < -0.39 is 10.8 Å². The topological polar surface area (TPSA) is 128 Å². The number of allylic oxidation sites excluding steroid dienone is 3. The fourth-order valence-electron chi connectivity index (χ4n) is 4.34. The van der Waals surface area contributed by atoms with E-state index in [1.165, 1.54) is 12.1 Å². The molecule has 4 rings (SSSR count). The summed E-state index contributed by atoms with van der Waals surface area (Å²) in [6.45, 7) is 4.00. The van der Waals surface area contributed by atoms with Crippen LogP contribution in [0.15, 0.2) is 65.3 Å². The molecule has 174 valence electrons. The number of benzene rings is 2. The van der Waals surface area contributed by atoms with Crippen molar-refractivity contribution in [2.45, 2.75) is 39.2 Å². The lowest BCUT2D eigenvalue weighted by Gasteiger charge is -2.37. The minimum absolute atomic E-state index is 0.0518. The Kier molecular flexibility index (Phi) is 6.07. The number of carbonyl (C=O) groups is 1. The Morgan fingerprint density at radius 3 is 2.62 bits per heavy atom. The molecule has 9 heteroatoms. The van der Waals surface area contributed by atoms with Crippen LogP contribution in [0.5, 0.6) is 5.75 Å². The molecule has 1 aliphatic carbocycles. The molecule has 34 heavy (non-hydrogen) atoms. The monoisotopic (exact) mass is 479 g/mol. The van der Waals surface area contributed by atoms with Gasteiger partial charge in [-0.05, 0) is 34.7 Å². The number of halogens is 1. The lowest BCUT2D eigenvalue weighted by Crippen LogP contribution is -2.33. The van der Waals surface area contributed by atoms with E-state index in [9.17, 15) is 20.2 Å². The van der Waals surface area contributed by atoms with Crippen molar-refractivity contribution >= 4 is 23.1 Å². The fraction of sp³-hybridized carbons (Fsp3) is 0.280. The number of ketones is 1. The van der Waals surface area contributed by atoms with Crippen LogP contribution in [-0.4, -0.2) is 10.7 Å². The van der Waals surface area contributed by atoms with E-state index in [4.69, 9.17) is 26.8 Å². The Balaban J connectivity index is 1.74. The Morgan fingerprint density at radius 1 is 1.26 bits per heavy atom. The van der Waals surface area contributed by atoms with E-state index in [0.717, 1.165) is 5.56 Å². The third-order valence-corrected chi connectivity index (χ3v) is 6.15. The second-order valence-corrected chi connectivity index (χ2v) is 9.54. The summed E-state index contributed by atoms with van der Waals surface area (Å²) in [6.07, 6.45) is 0.739. The molecule has 0 saturated carbocycles. The van der Waals surface area contributed by atoms with Gasteiger partial charge in [0.15, 0.2) is 11.5 Å². The number of nitrogens with two attached hydrogens (primary N) is 1. The maximum atomic E-state index is 13.1. The summed E-state index contributed by atoms with van der Waals surface area (Å²) in [5.41, 5.74) is 7.00. The van der Waals surface area contributed by atoms with Crippen LogP contribution in [0.2, 0.25) is 5.02 Å². The number of nitro benzene ring substituents is 1. The van der Waals surface area contributed by atoms with Crippen molar-refractivity contribution in [3.63, 3.8) is 0 Å². The normalized spacial score (nSPS) is 19.2. The van der Waals surface area contributed by atoms with Crippen LogP contribution >= 0.6 is 11.6 Å². The van der Waals surface area contributed by atoms with Gasteiger partial charge in [-0.25, -0.2) is 0 Å². The largest absolute Gasteiger partial charge is 0.482 e. The van der Waals surface area contributed by atoms with E-state index in [-0.39, 0.29) is 47.1 Å². The third kappa shape index (κ3) is 4.47. The molecule has 2 aliphatic rings. The van der Waals surface area contributed by atoms with Gasteiger partial charge in [0.25, 0.3) is 0 Å². The lowest BCUT2D eigenvalue weighted by atomic mass is 9.70. The third-order valence-electron chi connectivity index (χ3n) is 5.90. The first-order valence-electron chi connectivity index (χ1n) is 10.6. The molecule has 1 heterocycles. The van der Waals surface area contributed by atoms with Crippen LogP contribution < -0.4 is 10.5 Å². The molecular formula is C25H22ClN3O5. The van der Waals surface area contributed by atoms with E-state index in [1.807, 2.05) is 19.9 Å². The second-order valence-electron chi connectivity index (χ2n) is 9.10. The molecule has 2 N–H and O–H groups in total. The van der Waals surface area contributed by atoms with Crippen LogP contribution in [0, 0.1) is 26.9 Å². The van der Waals surface area contributed by atoms with E-state index in [2.05, 4.69) is 0 Å². The second kappa shape index (κ2) is 8.84. The molecule has 1 aliphatic heterocycles. The van der Waals surface area contributed by atoms with Crippen LogP contribution in [-0.2, 0) is 16.1 Å². The van der Waals surface area contributed by atoms with Crippen LogP contribution in [0.3, 0.4) is 0 Å². The van der Waals surface area contributed by atoms with Crippen LogP contribution in [0.4, 0.5) is 5.69 Å². The minimum atomic E-state index is -0.846. The first kappa shape index (κ1) is 23.3. The fourth-order valence-corrected chi connectivity index (χ4v) is 4.46. The molecule has 2 aromatic carbocycles. The quantitative estimate of drug-likeness (QED) is 0.456. The van der Waals surface area contributed by atoms with Gasteiger partial charge in [-0.1, -0.05) is 43.6 Å². The highest BCUT2D eigenvalue weighted by atomic mass is 35.5. The number of hydrogen-bond donors (Lipinski definition) is 1. The standard InChI is InChI=1S/C25H22ClN3O5/c1-25(2)10-19(30)23-21(11-25)34-24(28)17(12-27)22(23)15-5-8-20(18(9-15)29(31)32)33-13-14-3-6-16(26)7-4-14/h3-9,22H,10-11,13,28H2,1-2H3. The minimum Gasteiger partial charge on any atom is -0.482 e. The number of ether oxygens (including phenoxy) is 2. The van der Waals surface area contributed by atoms with E-state index in [0.29, 0.717) is 28.3 Å². The molecule has 0 spiro atoms. The molecule has 0 saturated heterocycles. The van der Waals surface area contributed by atoms with Crippen LogP contribution in [0.1, 0.15) is 43.7 Å². The molecule has 8 nitrogen and oxygen atoms in total.